The quantitative estimate of drug-likeness (QED) is 0.221. The lowest BCUT2D eigenvalue weighted by Gasteiger charge is -2.58. The van der Waals surface area contributed by atoms with Crippen LogP contribution in [0.25, 0.3) is 10.9 Å². The number of benzene rings is 2. The van der Waals surface area contributed by atoms with E-state index in [-0.39, 0.29) is 24.6 Å². The number of pyridine rings is 1. The van der Waals surface area contributed by atoms with E-state index < -0.39 is 11.7 Å². The highest BCUT2D eigenvalue weighted by atomic mass is 19.4. The van der Waals surface area contributed by atoms with Gasteiger partial charge < -0.3 is 14.0 Å². The van der Waals surface area contributed by atoms with Gasteiger partial charge in [0.25, 0.3) is 0 Å². The Balaban J connectivity index is 1.64. The molecule has 0 saturated carbocycles. The lowest BCUT2D eigenvalue weighted by molar-refractivity contribution is -0.985. The fourth-order valence-corrected chi connectivity index (χ4v) is 6.74. The molecule has 0 spiro atoms. The standard InChI is InChI=1S/C31H34F3N2O2/c1-4-16-38-30(25-12-14-35-28-11-10-24(37-3)18-26(25)28)29-17-22-13-15-36(29,19-21(22)5-2)20-23-8-6-7-9-27(23)31(32,33)34/h4-12,14,18,21-22,29-30H,1-2,13,15-17,19-20H2,3H3/q+1/t21-,22-,29-,30+,36-/m0/s1. The summed E-state index contributed by atoms with van der Waals surface area (Å²) in [5, 5.41) is 0.928. The van der Waals surface area contributed by atoms with Crippen molar-refractivity contribution >= 4 is 10.9 Å². The van der Waals surface area contributed by atoms with Crippen molar-refractivity contribution in [2.45, 2.75) is 37.7 Å². The second-order valence-electron chi connectivity index (χ2n) is 10.5. The van der Waals surface area contributed by atoms with Crippen LogP contribution in [0.5, 0.6) is 5.75 Å². The van der Waals surface area contributed by atoms with E-state index in [1.165, 1.54) is 12.1 Å². The van der Waals surface area contributed by atoms with Crippen molar-refractivity contribution < 1.29 is 27.1 Å². The fraction of sp³-hybridized carbons (Fsp3) is 0.387. The Bertz CT molecular complexity index is 1320. The van der Waals surface area contributed by atoms with Gasteiger partial charge in [-0.3, -0.25) is 4.98 Å². The molecule has 4 nitrogen and oxygen atoms in total. The van der Waals surface area contributed by atoms with E-state index in [9.17, 15) is 13.2 Å². The number of alkyl halides is 3. The maximum atomic E-state index is 14.0. The molecule has 1 aromatic heterocycles. The number of piperidine rings is 3. The van der Waals surface area contributed by atoms with E-state index in [0.29, 0.717) is 22.6 Å². The van der Waals surface area contributed by atoms with Gasteiger partial charge >= 0.3 is 6.18 Å². The molecule has 3 saturated heterocycles. The Kier molecular flexibility index (Phi) is 7.34. The Labute approximate surface area is 222 Å². The Morgan fingerprint density at radius 1 is 1.16 bits per heavy atom. The third-order valence-corrected chi connectivity index (χ3v) is 8.52. The molecule has 7 heteroatoms. The summed E-state index contributed by atoms with van der Waals surface area (Å²) >= 11 is 0. The largest absolute Gasteiger partial charge is 0.497 e. The molecular weight excluding hydrogens is 489 g/mol. The minimum absolute atomic E-state index is 0.0389. The van der Waals surface area contributed by atoms with E-state index in [1.54, 1.807) is 31.5 Å². The second-order valence-corrected chi connectivity index (χ2v) is 10.5. The Hall–Kier alpha value is -3.16. The third-order valence-electron chi connectivity index (χ3n) is 8.52. The van der Waals surface area contributed by atoms with Gasteiger partial charge in [0.1, 0.15) is 24.4 Å². The number of rotatable bonds is 9. The van der Waals surface area contributed by atoms with E-state index >= 15 is 0 Å². The number of hydrogen-bond donors (Lipinski definition) is 0. The predicted octanol–water partition coefficient (Wildman–Crippen LogP) is 7.12. The number of fused-ring (bicyclic) bond motifs is 4. The molecule has 4 heterocycles. The zero-order valence-corrected chi connectivity index (χ0v) is 21.7. The average Bonchev–Trinajstić information content (AvgIpc) is 2.93. The zero-order chi connectivity index (χ0) is 26.9. The van der Waals surface area contributed by atoms with Crippen molar-refractivity contribution in [3.05, 3.63) is 96.7 Å². The molecule has 200 valence electrons. The van der Waals surface area contributed by atoms with Crippen molar-refractivity contribution in [1.29, 1.82) is 0 Å². The van der Waals surface area contributed by atoms with Crippen LogP contribution in [-0.4, -0.2) is 42.3 Å². The van der Waals surface area contributed by atoms with Crippen LogP contribution in [0.15, 0.2) is 80.0 Å². The number of hydrogen-bond acceptors (Lipinski definition) is 3. The van der Waals surface area contributed by atoms with Gasteiger partial charge in [-0.25, -0.2) is 0 Å². The van der Waals surface area contributed by atoms with Crippen LogP contribution in [0, 0.1) is 11.8 Å². The summed E-state index contributed by atoms with van der Waals surface area (Å²) in [4.78, 5) is 4.55. The molecule has 38 heavy (non-hydrogen) atoms. The van der Waals surface area contributed by atoms with E-state index in [0.717, 1.165) is 48.1 Å². The summed E-state index contributed by atoms with van der Waals surface area (Å²) in [5.74, 6) is 1.40. The smallest absolute Gasteiger partial charge is 0.416 e. The van der Waals surface area contributed by atoms with Gasteiger partial charge in [-0.05, 0) is 41.8 Å². The second kappa shape index (κ2) is 10.5. The molecule has 0 radical (unpaired) electrons. The highest BCUT2D eigenvalue weighted by molar-refractivity contribution is 5.84. The van der Waals surface area contributed by atoms with Crippen LogP contribution in [0.1, 0.15) is 35.6 Å². The van der Waals surface area contributed by atoms with Gasteiger partial charge in [0.2, 0.25) is 0 Å². The molecule has 5 atom stereocenters. The monoisotopic (exact) mass is 523 g/mol. The van der Waals surface area contributed by atoms with Crippen LogP contribution >= 0.6 is 0 Å². The number of ether oxygens (including phenoxy) is 2. The molecule has 0 unspecified atom stereocenters. The van der Waals surface area contributed by atoms with Crippen molar-refractivity contribution in [3.8, 4) is 5.75 Å². The predicted molar refractivity (Wildman–Crippen MR) is 143 cm³/mol. The van der Waals surface area contributed by atoms with Crippen LogP contribution in [0.4, 0.5) is 13.2 Å². The van der Waals surface area contributed by atoms with Crippen LogP contribution < -0.4 is 4.74 Å². The molecule has 0 aliphatic carbocycles. The average molecular weight is 524 g/mol. The molecule has 6 rings (SSSR count). The summed E-state index contributed by atoms with van der Waals surface area (Å²) in [6.07, 6.45) is 2.55. The first-order chi connectivity index (χ1) is 18.3. The minimum atomic E-state index is -4.41. The first-order valence-electron chi connectivity index (χ1n) is 13.1. The summed E-state index contributed by atoms with van der Waals surface area (Å²) in [7, 11) is 1.63. The molecule has 0 amide bonds. The van der Waals surface area contributed by atoms with Crippen LogP contribution in [0.2, 0.25) is 0 Å². The maximum Gasteiger partial charge on any atom is 0.416 e. The minimum Gasteiger partial charge on any atom is -0.497 e. The molecule has 2 aromatic carbocycles. The van der Waals surface area contributed by atoms with E-state index in [4.69, 9.17) is 9.47 Å². The maximum absolute atomic E-state index is 14.0. The van der Waals surface area contributed by atoms with E-state index in [1.807, 2.05) is 30.3 Å². The normalized spacial score (nSPS) is 25.7. The van der Waals surface area contributed by atoms with Gasteiger partial charge in [0.05, 0.1) is 37.9 Å². The van der Waals surface area contributed by atoms with Crippen molar-refractivity contribution in [2.24, 2.45) is 11.8 Å². The Morgan fingerprint density at radius 2 is 1.97 bits per heavy atom. The lowest BCUT2D eigenvalue weighted by Crippen LogP contribution is -2.67. The Morgan fingerprint density at radius 3 is 2.71 bits per heavy atom. The van der Waals surface area contributed by atoms with Crippen LogP contribution in [0.3, 0.4) is 0 Å². The molecule has 3 fully saturated rings. The first-order valence-corrected chi connectivity index (χ1v) is 13.1. The molecular formula is C31H34F3N2O2+. The molecule has 2 bridgehead atoms. The number of aromatic nitrogens is 1. The third kappa shape index (κ3) is 4.85. The summed E-state index contributed by atoms with van der Waals surface area (Å²) in [6, 6.07) is 13.7. The summed E-state index contributed by atoms with van der Waals surface area (Å²) in [6.45, 7) is 10.1. The van der Waals surface area contributed by atoms with Gasteiger partial charge in [-0.1, -0.05) is 30.4 Å². The van der Waals surface area contributed by atoms with Gasteiger partial charge in [0.15, 0.2) is 0 Å². The number of nitrogens with zero attached hydrogens (tertiary/aromatic N) is 2. The van der Waals surface area contributed by atoms with Gasteiger partial charge in [0, 0.05) is 35.9 Å². The van der Waals surface area contributed by atoms with Crippen molar-refractivity contribution in [2.75, 3.05) is 26.8 Å². The molecule has 3 aliphatic heterocycles. The van der Waals surface area contributed by atoms with Crippen molar-refractivity contribution in [3.63, 3.8) is 0 Å². The number of methoxy groups -OCH3 is 1. The van der Waals surface area contributed by atoms with E-state index in [2.05, 4.69) is 18.1 Å². The summed E-state index contributed by atoms with van der Waals surface area (Å²) < 4.78 is 54.7. The fourth-order valence-electron chi connectivity index (χ4n) is 6.74. The lowest BCUT2D eigenvalue weighted by atomic mass is 9.71. The molecule has 0 N–H and O–H groups in total. The topological polar surface area (TPSA) is 31.4 Å². The molecule has 3 aliphatic rings. The van der Waals surface area contributed by atoms with Gasteiger partial charge in [-0.15, -0.1) is 13.2 Å². The van der Waals surface area contributed by atoms with Gasteiger partial charge in [-0.2, -0.15) is 13.2 Å². The molecule has 3 aromatic rings. The SMILES string of the molecule is C=CCO[C@H](c1ccnc2ccc(OC)cc12)[C@@H]1C[C@@H]2CC[N@@+]1(Cc1ccccc1C(F)(F)F)C[C@@H]2C=C. The number of quaternary nitrogens is 1. The highest BCUT2D eigenvalue weighted by Gasteiger charge is 2.55. The number of halogens is 3. The summed E-state index contributed by atoms with van der Waals surface area (Å²) in [5.41, 5.74) is 1.57. The first kappa shape index (κ1) is 26.4. The van der Waals surface area contributed by atoms with Crippen LogP contribution in [-0.2, 0) is 17.5 Å². The van der Waals surface area contributed by atoms with Crippen molar-refractivity contribution in [1.82, 2.24) is 4.98 Å². The highest BCUT2D eigenvalue weighted by Crippen LogP contribution is 2.50. The zero-order valence-electron chi connectivity index (χ0n) is 21.7.